The topological polar surface area (TPSA) is 26.0 Å². The summed E-state index contributed by atoms with van der Waals surface area (Å²) in [5.41, 5.74) is 11.2. The lowest BCUT2D eigenvalue weighted by Gasteiger charge is -2.16. The second-order valence-corrected chi connectivity index (χ2v) is 8.46. The van der Waals surface area contributed by atoms with Crippen LogP contribution in [0.15, 0.2) is 71.6 Å². The summed E-state index contributed by atoms with van der Waals surface area (Å²) in [4.78, 5) is 1.41. The van der Waals surface area contributed by atoms with E-state index in [9.17, 15) is 0 Å². The van der Waals surface area contributed by atoms with Crippen LogP contribution in [-0.4, -0.2) is 5.25 Å². The van der Waals surface area contributed by atoms with Gasteiger partial charge >= 0.3 is 0 Å². The van der Waals surface area contributed by atoms with E-state index in [1.807, 2.05) is 18.7 Å². The molecule has 3 atom stereocenters. The van der Waals surface area contributed by atoms with Crippen molar-refractivity contribution in [2.45, 2.75) is 29.0 Å². The van der Waals surface area contributed by atoms with Gasteiger partial charge in [-0.15, -0.1) is 11.8 Å². The van der Waals surface area contributed by atoms with Crippen molar-refractivity contribution in [3.05, 3.63) is 88.3 Å². The summed E-state index contributed by atoms with van der Waals surface area (Å²) in [7, 11) is 0. The molecule has 3 unspecified atom stereocenters. The molecule has 1 heterocycles. The predicted molar refractivity (Wildman–Crippen MR) is 111 cm³/mol. The van der Waals surface area contributed by atoms with Gasteiger partial charge in [-0.2, -0.15) is 0 Å². The minimum Gasteiger partial charge on any atom is -0.324 e. The average molecular weight is 356 g/mol. The zero-order valence-electron chi connectivity index (χ0n) is 14.7. The Bertz CT molecular complexity index is 1110. The smallest absolute Gasteiger partial charge is 0.0387 e. The van der Waals surface area contributed by atoms with Crippen LogP contribution in [0.5, 0.6) is 0 Å². The zero-order chi connectivity index (χ0) is 17.7. The van der Waals surface area contributed by atoms with Gasteiger partial charge in [0.05, 0.1) is 0 Å². The van der Waals surface area contributed by atoms with E-state index in [0.717, 1.165) is 0 Å². The first-order chi connectivity index (χ1) is 12.7. The number of benzene rings is 3. The quantitative estimate of drug-likeness (QED) is 0.745. The highest BCUT2D eigenvalue weighted by Gasteiger charge is 2.31. The van der Waals surface area contributed by atoms with E-state index in [4.69, 9.17) is 5.73 Å². The van der Waals surface area contributed by atoms with Crippen LogP contribution in [0.25, 0.3) is 23.3 Å². The van der Waals surface area contributed by atoms with E-state index in [1.54, 1.807) is 0 Å². The molecule has 0 spiro atoms. The van der Waals surface area contributed by atoms with Crippen LogP contribution < -0.4 is 16.2 Å². The van der Waals surface area contributed by atoms with Crippen LogP contribution in [0, 0.1) is 0 Å². The fraction of sp³-hybridized carbons (Fsp3) is 0.167. The van der Waals surface area contributed by atoms with Gasteiger partial charge in [-0.25, -0.2) is 0 Å². The number of hydrogen-bond donors (Lipinski definition) is 1. The van der Waals surface area contributed by atoms with Crippen molar-refractivity contribution in [2.75, 3.05) is 0 Å². The molecule has 0 saturated carbocycles. The van der Waals surface area contributed by atoms with Crippen molar-refractivity contribution in [2.24, 2.45) is 5.73 Å². The molecule has 3 aromatic carbocycles. The van der Waals surface area contributed by atoms with Gasteiger partial charge in [0.25, 0.3) is 0 Å². The van der Waals surface area contributed by atoms with Gasteiger partial charge in [0.15, 0.2) is 0 Å². The standard InChI is InChI=1S/C24H21NS/c1-15(25)16-7-4-8-17(11-16)20-9-10-21-22-12-18-5-2-3-6-19(18)13-24(22)26-23(21)14-20/h2-15,22,24H,25H2,1H3. The van der Waals surface area contributed by atoms with Gasteiger partial charge in [-0.05, 0) is 51.7 Å². The summed E-state index contributed by atoms with van der Waals surface area (Å²) in [6.45, 7) is 2.03. The lowest BCUT2D eigenvalue weighted by molar-refractivity contribution is 0.819. The summed E-state index contributed by atoms with van der Waals surface area (Å²) in [6.07, 6.45) is 4.87. The average Bonchev–Trinajstić information content (AvgIpc) is 3.02. The maximum atomic E-state index is 6.06. The van der Waals surface area contributed by atoms with Crippen LogP contribution in [0.2, 0.25) is 0 Å². The molecule has 3 aromatic rings. The SMILES string of the molecule is CC(N)c1cccc(-c2ccc3c(c2)SC2C=c4ccccc4=CC32)c1. The van der Waals surface area contributed by atoms with Crippen molar-refractivity contribution >= 4 is 23.9 Å². The summed E-state index contributed by atoms with van der Waals surface area (Å²) < 4.78 is 0. The second-order valence-electron chi connectivity index (χ2n) is 7.24. The molecule has 0 radical (unpaired) electrons. The Morgan fingerprint density at radius 3 is 2.42 bits per heavy atom. The molecule has 5 rings (SSSR count). The first-order valence-corrected chi connectivity index (χ1v) is 10.0. The molecular weight excluding hydrogens is 334 g/mol. The van der Waals surface area contributed by atoms with Crippen LogP contribution >= 0.6 is 11.8 Å². The number of rotatable bonds is 2. The van der Waals surface area contributed by atoms with E-state index < -0.39 is 0 Å². The third kappa shape index (κ3) is 2.61. The van der Waals surface area contributed by atoms with Gasteiger partial charge in [0.1, 0.15) is 0 Å². The predicted octanol–water partition coefficient (Wildman–Crippen LogP) is 4.21. The number of nitrogens with two attached hydrogens (primary N) is 1. The highest BCUT2D eigenvalue weighted by Crippen LogP contribution is 2.48. The molecule has 26 heavy (non-hydrogen) atoms. The maximum absolute atomic E-state index is 6.06. The largest absolute Gasteiger partial charge is 0.324 e. The normalized spacial score (nSPS) is 21.0. The monoisotopic (exact) mass is 355 g/mol. The number of thioether (sulfide) groups is 1. The van der Waals surface area contributed by atoms with Crippen LogP contribution in [0.4, 0.5) is 0 Å². The maximum Gasteiger partial charge on any atom is 0.0387 e. The number of fused-ring (bicyclic) bond motifs is 4. The Labute approximate surface area is 158 Å². The third-order valence-electron chi connectivity index (χ3n) is 5.43. The van der Waals surface area contributed by atoms with E-state index >= 15 is 0 Å². The van der Waals surface area contributed by atoms with Crippen molar-refractivity contribution in [1.29, 1.82) is 0 Å². The first-order valence-electron chi connectivity index (χ1n) is 9.14. The van der Waals surface area contributed by atoms with Gasteiger partial charge in [-0.1, -0.05) is 66.7 Å². The van der Waals surface area contributed by atoms with Crippen LogP contribution in [0.1, 0.15) is 30.0 Å². The third-order valence-corrected chi connectivity index (χ3v) is 6.74. The van der Waals surface area contributed by atoms with Crippen molar-refractivity contribution < 1.29 is 0 Å². The molecule has 0 aromatic heterocycles. The molecule has 0 saturated heterocycles. The van der Waals surface area contributed by atoms with E-state index in [2.05, 4.69) is 78.9 Å². The molecule has 2 heteroatoms. The molecule has 0 bridgehead atoms. The lowest BCUT2D eigenvalue weighted by atomic mass is 9.89. The molecule has 1 nitrogen and oxygen atoms in total. The molecular formula is C24H21NS. The van der Waals surface area contributed by atoms with Crippen LogP contribution in [0.3, 0.4) is 0 Å². The molecule has 2 aliphatic rings. The van der Waals surface area contributed by atoms with Gasteiger partial charge < -0.3 is 5.73 Å². The highest BCUT2D eigenvalue weighted by atomic mass is 32.2. The fourth-order valence-electron chi connectivity index (χ4n) is 4.00. The Kier molecular flexibility index (Phi) is 3.77. The van der Waals surface area contributed by atoms with E-state index in [1.165, 1.54) is 37.6 Å². The number of hydrogen-bond acceptors (Lipinski definition) is 2. The van der Waals surface area contributed by atoms with Crippen LogP contribution in [-0.2, 0) is 0 Å². The van der Waals surface area contributed by atoms with Gasteiger partial charge in [-0.3, -0.25) is 0 Å². The first kappa shape index (κ1) is 15.9. The second kappa shape index (κ2) is 6.15. The lowest BCUT2D eigenvalue weighted by Crippen LogP contribution is -2.31. The Hall–Kier alpha value is -2.29. The highest BCUT2D eigenvalue weighted by molar-refractivity contribution is 8.00. The minimum absolute atomic E-state index is 0.0596. The molecule has 128 valence electrons. The zero-order valence-corrected chi connectivity index (χ0v) is 15.5. The summed E-state index contributed by atoms with van der Waals surface area (Å²) in [5.74, 6) is 0.481. The Morgan fingerprint density at radius 2 is 1.62 bits per heavy atom. The molecule has 1 aliphatic heterocycles. The van der Waals surface area contributed by atoms with Gasteiger partial charge in [0, 0.05) is 22.1 Å². The fourth-order valence-corrected chi connectivity index (χ4v) is 5.41. The van der Waals surface area contributed by atoms with Crippen molar-refractivity contribution in [3.8, 4) is 11.1 Å². The van der Waals surface area contributed by atoms with E-state index in [0.29, 0.717) is 11.2 Å². The summed E-state index contributed by atoms with van der Waals surface area (Å²) in [6, 6.07) is 24.3. The van der Waals surface area contributed by atoms with Gasteiger partial charge in [0.2, 0.25) is 0 Å². The Balaban J connectivity index is 1.56. The minimum atomic E-state index is 0.0596. The Morgan fingerprint density at radius 1 is 0.846 bits per heavy atom. The van der Waals surface area contributed by atoms with Crippen molar-refractivity contribution in [3.63, 3.8) is 0 Å². The molecule has 1 aliphatic carbocycles. The molecule has 0 fully saturated rings. The van der Waals surface area contributed by atoms with Crippen molar-refractivity contribution in [1.82, 2.24) is 0 Å². The molecule has 0 amide bonds. The molecule has 2 N–H and O–H groups in total. The summed E-state index contributed by atoms with van der Waals surface area (Å²) >= 11 is 1.99. The summed E-state index contributed by atoms with van der Waals surface area (Å²) in [5, 5.41) is 3.22. The van der Waals surface area contributed by atoms with E-state index in [-0.39, 0.29) is 6.04 Å².